The van der Waals surface area contributed by atoms with Crippen LogP contribution < -0.4 is 4.74 Å². The highest BCUT2D eigenvalue weighted by atomic mass is 19.1. The normalized spacial score (nSPS) is 23.2. The lowest BCUT2D eigenvalue weighted by Gasteiger charge is -2.32. The molecule has 0 N–H and O–H groups in total. The number of hydrogen-bond acceptors (Lipinski definition) is 3. The van der Waals surface area contributed by atoms with Crippen LogP contribution in [0, 0.1) is 0 Å². The summed E-state index contributed by atoms with van der Waals surface area (Å²) in [6.45, 7) is 1.99. The van der Waals surface area contributed by atoms with Crippen molar-refractivity contribution in [2.75, 3.05) is 0 Å². The molecule has 0 saturated heterocycles. The van der Waals surface area contributed by atoms with E-state index >= 15 is 0 Å². The summed E-state index contributed by atoms with van der Waals surface area (Å²) in [7, 11) is 0. The van der Waals surface area contributed by atoms with Crippen LogP contribution in [0.1, 0.15) is 42.1 Å². The molecule has 3 nitrogen and oxygen atoms in total. The Balaban J connectivity index is 1.54. The smallest absolute Gasteiger partial charge is 0.163 e. The van der Waals surface area contributed by atoms with Crippen molar-refractivity contribution in [1.29, 1.82) is 0 Å². The molecule has 1 fully saturated rings. The van der Waals surface area contributed by atoms with Crippen LogP contribution in [0.5, 0.6) is 5.75 Å². The second-order valence-electron chi connectivity index (χ2n) is 6.46. The summed E-state index contributed by atoms with van der Waals surface area (Å²) in [4.78, 5) is 11.7. The highest BCUT2D eigenvalue weighted by Crippen LogP contribution is 2.30. The molecule has 0 radical (unpaired) electrons. The summed E-state index contributed by atoms with van der Waals surface area (Å²) in [5, 5.41) is 0. The number of ether oxygens (including phenoxy) is 2. The van der Waals surface area contributed by atoms with Crippen molar-refractivity contribution in [3.05, 3.63) is 65.7 Å². The zero-order chi connectivity index (χ0) is 17.6. The molecule has 3 atom stereocenters. The Bertz CT molecular complexity index is 701. The first-order chi connectivity index (χ1) is 12.1. The molecule has 0 spiro atoms. The van der Waals surface area contributed by atoms with Gasteiger partial charge in [0.05, 0.1) is 18.3 Å². The molecule has 25 heavy (non-hydrogen) atoms. The lowest BCUT2D eigenvalue weighted by atomic mass is 9.93. The van der Waals surface area contributed by atoms with Gasteiger partial charge in [0.2, 0.25) is 0 Å². The van der Waals surface area contributed by atoms with Gasteiger partial charge in [-0.2, -0.15) is 0 Å². The first-order valence-electron chi connectivity index (χ1n) is 8.69. The average Bonchev–Trinajstić information content (AvgIpc) is 2.63. The van der Waals surface area contributed by atoms with Crippen LogP contribution in [0.3, 0.4) is 0 Å². The monoisotopic (exact) mass is 342 g/mol. The maximum atomic E-state index is 14.6. The van der Waals surface area contributed by atoms with E-state index in [1.165, 1.54) is 6.92 Å². The molecule has 4 heteroatoms. The Morgan fingerprint density at radius 2 is 1.80 bits per heavy atom. The van der Waals surface area contributed by atoms with Gasteiger partial charge in [-0.05, 0) is 37.5 Å². The van der Waals surface area contributed by atoms with Crippen LogP contribution in [0.25, 0.3) is 0 Å². The summed E-state index contributed by atoms with van der Waals surface area (Å²) in [5.41, 5.74) is 1.59. The molecule has 0 amide bonds. The second-order valence-corrected chi connectivity index (χ2v) is 6.46. The molecule has 0 heterocycles. The van der Waals surface area contributed by atoms with Gasteiger partial charge < -0.3 is 9.47 Å². The van der Waals surface area contributed by atoms with E-state index in [2.05, 4.69) is 0 Å². The topological polar surface area (TPSA) is 35.5 Å². The Hall–Kier alpha value is -2.20. The molecule has 3 unspecified atom stereocenters. The number of carbonyl (C=O) groups excluding carboxylic acids is 1. The summed E-state index contributed by atoms with van der Waals surface area (Å²) >= 11 is 0. The van der Waals surface area contributed by atoms with E-state index in [4.69, 9.17) is 9.47 Å². The number of Topliss-reactive ketones (excluding diaryl/α,β-unsaturated/α-hetero) is 1. The lowest BCUT2D eigenvalue weighted by Crippen LogP contribution is -2.38. The Morgan fingerprint density at radius 3 is 2.52 bits per heavy atom. The lowest BCUT2D eigenvalue weighted by molar-refractivity contribution is -0.0422. The maximum absolute atomic E-state index is 14.6. The van der Waals surface area contributed by atoms with Crippen molar-refractivity contribution < 1.29 is 18.7 Å². The second kappa shape index (κ2) is 8.26. The predicted molar refractivity (Wildman–Crippen MR) is 94.6 cm³/mol. The van der Waals surface area contributed by atoms with Crippen LogP contribution in [0.4, 0.5) is 4.39 Å². The van der Waals surface area contributed by atoms with E-state index in [1.54, 1.807) is 24.3 Å². The van der Waals surface area contributed by atoms with E-state index < -0.39 is 12.3 Å². The molecule has 132 valence electrons. The van der Waals surface area contributed by atoms with E-state index in [-0.39, 0.29) is 11.9 Å². The van der Waals surface area contributed by atoms with Crippen molar-refractivity contribution in [2.45, 2.75) is 51.2 Å². The molecule has 2 aromatic rings. The van der Waals surface area contributed by atoms with Gasteiger partial charge in [0.25, 0.3) is 0 Å². The van der Waals surface area contributed by atoms with E-state index in [0.29, 0.717) is 30.8 Å². The number of rotatable bonds is 6. The predicted octanol–water partition coefficient (Wildman–Crippen LogP) is 4.74. The zero-order valence-electron chi connectivity index (χ0n) is 14.4. The number of carbonyl (C=O) groups is 1. The number of para-hydroxylation sites is 1. The number of ketones is 1. The van der Waals surface area contributed by atoms with Crippen molar-refractivity contribution in [3.63, 3.8) is 0 Å². The molecule has 0 aromatic heterocycles. The minimum absolute atomic E-state index is 0.0779. The van der Waals surface area contributed by atoms with Gasteiger partial charge in [0.15, 0.2) is 5.78 Å². The maximum Gasteiger partial charge on any atom is 0.163 e. The van der Waals surface area contributed by atoms with Gasteiger partial charge in [0.1, 0.15) is 18.0 Å². The van der Waals surface area contributed by atoms with Gasteiger partial charge in [-0.25, -0.2) is 4.39 Å². The molecule has 2 aromatic carbocycles. The third kappa shape index (κ3) is 4.67. The van der Waals surface area contributed by atoms with E-state index in [9.17, 15) is 9.18 Å². The highest BCUT2D eigenvalue weighted by molar-refractivity contribution is 5.96. The molecule has 0 bridgehead atoms. The average molecular weight is 342 g/mol. The number of benzene rings is 2. The van der Waals surface area contributed by atoms with Crippen molar-refractivity contribution in [2.24, 2.45) is 0 Å². The van der Waals surface area contributed by atoms with Crippen LogP contribution in [-0.4, -0.2) is 24.2 Å². The van der Waals surface area contributed by atoms with E-state index in [0.717, 1.165) is 12.0 Å². The molecule has 0 aliphatic heterocycles. The first kappa shape index (κ1) is 17.6. The molecule has 1 aliphatic carbocycles. The van der Waals surface area contributed by atoms with Crippen LogP contribution in [0.2, 0.25) is 0 Å². The fourth-order valence-corrected chi connectivity index (χ4v) is 3.15. The van der Waals surface area contributed by atoms with Crippen LogP contribution in [0.15, 0.2) is 54.6 Å². The Kier molecular flexibility index (Phi) is 5.82. The minimum Gasteiger partial charge on any atom is -0.487 e. The van der Waals surface area contributed by atoms with E-state index in [1.807, 2.05) is 30.3 Å². The summed E-state index contributed by atoms with van der Waals surface area (Å²) < 4.78 is 26.2. The third-order valence-corrected chi connectivity index (χ3v) is 4.54. The number of halogens is 1. The molecule has 1 aliphatic rings. The number of hydrogen-bond donors (Lipinski definition) is 0. The van der Waals surface area contributed by atoms with Crippen LogP contribution >= 0.6 is 0 Å². The SMILES string of the molecule is CC(=O)c1ccccc1OC1CCC(OCc2ccccc2)CC1F. The van der Waals surface area contributed by atoms with Crippen LogP contribution in [-0.2, 0) is 11.3 Å². The molecular formula is C21H23FO3. The summed E-state index contributed by atoms with van der Waals surface area (Å²) in [6, 6.07) is 16.9. The Morgan fingerprint density at radius 1 is 1.08 bits per heavy atom. The molecule has 3 rings (SSSR count). The standard InChI is InChI=1S/C21H23FO3/c1-15(23)18-9-5-6-10-20(18)25-21-12-11-17(13-19(21)22)24-14-16-7-3-2-4-8-16/h2-10,17,19,21H,11-14H2,1H3. The van der Waals surface area contributed by atoms with Gasteiger partial charge in [-0.3, -0.25) is 4.79 Å². The van der Waals surface area contributed by atoms with Crippen molar-refractivity contribution in [1.82, 2.24) is 0 Å². The van der Waals surface area contributed by atoms with Crippen molar-refractivity contribution >= 4 is 5.78 Å². The quantitative estimate of drug-likeness (QED) is 0.711. The Labute approximate surface area is 147 Å². The number of alkyl halides is 1. The fraction of sp³-hybridized carbons (Fsp3) is 0.381. The largest absolute Gasteiger partial charge is 0.487 e. The third-order valence-electron chi connectivity index (χ3n) is 4.54. The minimum atomic E-state index is -1.10. The highest BCUT2D eigenvalue weighted by Gasteiger charge is 2.33. The molecule has 1 saturated carbocycles. The fourth-order valence-electron chi connectivity index (χ4n) is 3.15. The van der Waals surface area contributed by atoms with Gasteiger partial charge >= 0.3 is 0 Å². The summed E-state index contributed by atoms with van der Waals surface area (Å²) in [5.74, 6) is 0.386. The summed E-state index contributed by atoms with van der Waals surface area (Å²) in [6.07, 6.45) is -0.0861. The van der Waals surface area contributed by atoms with Gasteiger partial charge in [0, 0.05) is 6.42 Å². The zero-order valence-corrected chi connectivity index (χ0v) is 14.4. The van der Waals surface area contributed by atoms with Gasteiger partial charge in [-0.15, -0.1) is 0 Å². The van der Waals surface area contributed by atoms with Gasteiger partial charge in [-0.1, -0.05) is 42.5 Å². The molecular weight excluding hydrogens is 319 g/mol. The van der Waals surface area contributed by atoms with Crippen molar-refractivity contribution in [3.8, 4) is 5.75 Å². The first-order valence-corrected chi connectivity index (χ1v) is 8.69.